The molecule has 0 aromatic rings. The van der Waals surface area contributed by atoms with Crippen molar-refractivity contribution < 1.29 is 36.3 Å². The normalized spacial score (nSPS) is 16.6. The number of hydrogen-bond acceptors (Lipinski definition) is 8. The van der Waals surface area contributed by atoms with Crippen molar-refractivity contribution in [3.8, 4) is 0 Å². The van der Waals surface area contributed by atoms with Crippen molar-refractivity contribution in [1.29, 1.82) is 0 Å². The van der Waals surface area contributed by atoms with E-state index in [2.05, 4.69) is 17.3 Å². The van der Waals surface area contributed by atoms with Crippen molar-refractivity contribution in [3.05, 3.63) is 0 Å². The molecule has 0 amide bonds. The van der Waals surface area contributed by atoms with E-state index in [0.717, 1.165) is 0 Å². The first-order valence-corrected chi connectivity index (χ1v) is 3.50. The lowest BCUT2D eigenvalue weighted by atomic mass is 14.6. The summed E-state index contributed by atoms with van der Waals surface area (Å²) in [4.78, 5) is 0. The van der Waals surface area contributed by atoms with Crippen molar-refractivity contribution in [1.82, 2.24) is 0 Å². The minimum atomic E-state index is -2.76. The van der Waals surface area contributed by atoms with Gasteiger partial charge in [0.05, 0.1) is 0 Å². The average Bonchev–Trinajstić information content (AvgIpc) is 1.88. The highest BCUT2D eigenvalue weighted by Gasteiger charge is 2.04. The second kappa shape index (κ2) is 5.82. The summed E-state index contributed by atoms with van der Waals surface area (Å²) in [7, 11) is 0. The van der Waals surface area contributed by atoms with Crippen LogP contribution in [0.15, 0.2) is 0 Å². The summed E-state index contributed by atoms with van der Waals surface area (Å²) in [5.41, 5.74) is 0. The van der Waals surface area contributed by atoms with Gasteiger partial charge in [-0.15, -0.1) is 7.96 Å². The Hall–Kier alpha value is 0.0600. The molecule has 0 saturated heterocycles. The first kappa shape index (κ1) is 10.1. The van der Waals surface area contributed by atoms with E-state index in [1.54, 1.807) is 0 Å². The van der Waals surface area contributed by atoms with Gasteiger partial charge in [-0.25, -0.2) is 0 Å². The van der Waals surface area contributed by atoms with E-state index in [-0.39, 0.29) is 0 Å². The number of rotatable bonds is 5. The molecular formula is O8S2-2. The topological polar surface area (TPSA) is 117 Å². The molecule has 0 aliphatic rings. The molecule has 0 rings (SSSR count). The van der Waals surface area contributed by atoms with Gasteiger partial charge in [-0.2, -0.15) is 8.42 Å². The molecule has 0 radical (unpaired) electrons. The molecule has 62 valence electrons. The van der Waals surface area contributed by atoms with E-state index in [0.29, 0.717) is 0 Å². The monoisotopic (exact) mass is 192 g/mol. The first-order valence-electron chi connectivity index (χ1n) is 1.50. The third-order valence-electron chi connectivity index (χ3n) is 0.250. The van der Waals surface area contributed by atoms with E-state index in [1.165, 1.54) is 0 Å². The van der Waals surface area contributed by atoms with E-state index < -0.39 is 22.7 Å². The molecule has 2 atom stereocenters. The summed E-state index contributed by atoms with van der Waals surface area (Å²) in [5, 5.41) is 20.7. The molecule has 10 heavy (non-hydrogen) atoms. The Morgan fingerprint density at radius 2 is 1.70 bits per heavy atom. The number of hydrogen-bond donors (Lipinski definition) is 0. The second-order valence-corrected chi connectivity index (χ2v) is 2.31. The molecule has 0 bridgehead atoms. The molecule has 0 heterocycles. The molecule has 2 unspecified atom stereocenters. The van der Waals surface area contributed by atoms with Gasteiger partial charge in [-0.05, 0) is 0 Å². The zero-order valence-electron chi connectivity index (χ0n) is 4.08. The van der Waals surface area contributed by atoms with E-state index in [4.69, 9.17) is 10.5 Å². The molecule has 0 aromatic carbocycles. The molecule has 10 heteroatoms. The Kier molecular flexibility index (Phi) is 5.85. The molecule has 0 aliphatic carbocycles. The molecule has 0 aromatic heterocycles. The third-order valence-corrected chi connectivity index (χ3v) is 1.42. The van der Waals surface area contributed by atoms with Crippen LogP contribution in [0.4, 0.5) is 0 Å². The predicted molar refractivity (Wildman–Crippen MR) is 20.6 cm³/mol. The van der Waals surface area contributed by atoms with Gasteiger partial charge in [0.25, 0.3) is 0 Å². The van der Waals surface area contributed by atoms with Gasteiger partial charge in [0.15, 0.2) is 0 Å². The molecule has 8 nitrogen and oxygen atoms in total. The fraction of sp³-hybridized carbons (Fsp3) is 0. The highest BCUT2D eigenvalue weighted by Crippen LogP contribution is 1.91. The van der Waals surface area contributed by atoms with Gasteiger partial charge in [0.2, 0.25) is 0 Å². The largest absolute Gasteiger partial charge is 0.707 e. The Morgan fingerprint density at radius 1 is 1.10 bits per heavy atom. The fourth-order valence-electron chi connectivity index (χ4n) is 0.0907. The van der Waals surface area contributed by atoms with Gasteiger partial charge in [-0.1, -0.05) is 0 Å². The van der Waals surface area contributed by atoms with Crippen LogP contribution in [0.3, 0.4) is 0 Å². The van der Waals surface area contributed by atoms with Crippen LogP contribution >= 0.6 is 0 Å². The third kappa shape index (κ3) is 4.89. The van der Waals surface area contributed by atoms with Crippen LogP contribution < -0.4 is 10.5 Å². The maximum Gasteiger partial charge on any atom is 0.348 e. The molecule has 0 spiro atoms. The van der Waals surface area contributed by atoms with Crippen molar-refractivity contribution in [3.63, 3.8) is 0 Å². The van der Waals surface area contributed by atoms with E-state index in [9.17, 15) is 8.42 Å². The van der Waals surface area contributed by atoms with Crippen LogP contribution in [0.2, 0.25) is 0 Å². The molecule has 0 N–H and O–H groups in total. The van der Waals surface area contributed by atoms with Crippen LogP contribution in [0, 0.1) is 0 Å². The van der Waals surface area contributed by atoms with Crippen molar-refractivity contribution in [2.45, 2.75) is 0 Å². The lowest BCUT2D eigenvalue weighted by Crippen LogP contribution is -2.15. The zero-order valence-corrected chi connectivity index (χ0v) is 5.72. The van der Waals surface area contributed by atoms with E-state index >= 15 is 0 Å². The van der Waals surface area contributed by atoms with Gasteiger partial charge in [0, 0.05) is 0 Å². The lowest BCUT2D eigenvalue weighted by molar-refractivity contribution is -0.778. The van der Waals surface area contributed by atoms with Crippen LogP contribution in [0.25, 0.3) is 0 Å². The highest BCUT2D eigenvalue weighted by molar-refractivity contribution is 7.88. The molecule has 0 fully saturated rings. The molecule has 0 aliphatic heterocycles. The molecular weight excluding hydrogens is 192 g/mol. The predicted octanol–water partition coefficient (Wildman–Crippen LogP) is -3.32. The quantitative estimate of drug-likeness (QED) is 0.328. The lowest BCUT2D eigenvalue weighted by Gasteiger charge is -2.04. The summed E-state index contributed by atoms with van der Waals surface area (Å²) in [6, 6.07) is 0. The van der Waals surface area contributed by atoms with Gasteiger partial charge >= 0.3 is 22.7 Å². The Balaban J connectivity index is 3.47. The van der Waals surface area contributed by atoms with Gasteiger partial charge < -0.3 is 14.8 Å². The minimum absolute atomic E-state index is 2.58. The smallest absolute Gasteiger partial charge is 0.348 e. The van der Waals surface area contributed by atoms with Crippen LogP contribution in [0.5, 0.6) is 0 Å². The van der Waals surface area contributed by atoms with Crippen LogP contribution in [-0.2, 0) is 40.1 Å². The summed E-state index contributed by atoms with van der Waals surface area (Å²) in [6.07, 6.45) is 0. The first-order chi connectivity index (χ1) is 4.70. The Morgan fingerprint density at radius 3 is 2.10 bits per heavy atom. The summed E-state index contributed by atoms with van der Waals surface area (Å²) in [5.74, 6) is 0. The maximum atomic E-state index is 9.94. The minimum Gasteiger partial charge on any atom is -0.707 e. The van der Waals surface area contributed by atoms with Crippen molar-refractivity contribution >= 4 is 22.7 Å². The summed E-state index contributed by atoms with van der Waals surface area (Å²) < 4.78 is 29.2. The standard InChI is InChI=1S/H2O8S2/c1-5-7-10(4)8-9(3)6-2/h1-2H/p-2. The summed E-state index contributed by atoms with van der Waals surface area (Å²) in [6.45, 7) is 0. The maximum absolute atomic E-state index is 9.94. The van der Waals surface area contributed by atoms with E-state index in [1.807, 2.05) is 0 Å². The Bertz CT molecular complexity index is 127. The SMILES string of the molecule is O=S(O[O-])OS(=O)OO[O-]. The van der Waals surface area contributed by atoms with Gasteiger partial charge in [-0.3, -0.25) is 5.04 Å². The van der Waals surface area contributed by atoms with Crippen LogP contribution in [0.1, 0.15) is 0 Å². The fourth-order valence-corrected chi connectivity index (χ4v) is 0.680. The van der Waals surface area contributed by atoms with Crippen molar-refractivity contribution in [2.75, 3.05) is 0 Å². The second-order valence-electron chi connectivity index (χ2n) is 0.680. The average molecular weight is 192 g/mol. The summed E-state index contributed by atoms with van der Waals surface area (Å²) >= 11 is -5.47. The van der Waals surface area contributed by atoms with Crippen molar-refractivity contribution in [2.24, 2.45) is 0 Å². The van der Waals surface area contributed by atoms with Crippen LogP contribution in [-0.4, -0.2) is 8.42 Å². The van der Waals surface area contributed by atoms with Gasteiger partial charge in [0.1, 0.15) is 0 Å². The molecule has 0 saturated carbocycles. The highest BCUT2D eigenvalue weighted by atomic mass is 32.3. The Labute approximate surface area is 59.8 Å². The zero-order chi connectivity index (χ0) is 7.98.